The lowest BCUT2D eigenvalue weighted by molar-refractivity contribution is -0.114. The number of aryl methyl sites for hydroxylation is 1. The fourth-order valence-corrected chi connectivity index (χ4v) is 2.75. The summed E-state index contributed by atoms with van der Waals surface area (Å²) in [4.78, 5) is 41.5. The van der Waals surface area contributed by atoms with E-state index in [9.17, 15) is 14.4 Å². The summed E-state index contributed by atoms with van der Waals surface area (Å²) in [6.07, 6.45) is 1.73. The second-order valence-electron chi connectivity index (χ2n) is 4.78. The van der Waals surface area contributed by atoms with Crippen LogP contribution < -0.4 is 11.2 Å². The highest BCUT2D eigenvalue weighted by molar-refractivity contribution is 7.99. The minimum Gasteiger partial charge on any atom is -0.309 e. The van der Waals surface area contributed by atoms with Crippen molar-refractivity contribution in [1.82, 2.24) is 19.1 Å². The first-order chi connectivity index (χ1) is 10.3. The number of nitrogens with zero attached hydrogens (tertiary/aromatic N) is 3. The molecule has 0 bridgehead atoms. The second-order valence-corrected chi connectivity index (χ2v) is 6.32. The van der Waals surface area contributed by atoms with E-state index in [1.165, 1.54) is 30.3 Å². The predicted octanol–water partition coefficient (Wildman–Crippen LogP) is 1.25. The molecule has 9 heteroatoms. The maximum Gasteiger partial charge on any atom is 0.329 e. The number of hydrogen-bond donors (Lipinski definition) is 1. The van der Waals surface area contributed by atoms with Crippen molar-refractivity contribution in [2.45, 2.75) is 25.5 Å². The van der Waals surface area contributed by atoms with E-state index in [2.05, 4.69) is 9.97 Å². The van der Waals surface area contributed by atoms with Gasteiger partial charge in [-0.05, 0) is 13.8 Å². The Hall–Kier alpha value is -1.80. The molecule has 2 aromatic rings. The highest BCUT2D eigenvalue weighted by Gasteiger charge is 2.17. The molecule has 0 saturated heterocycles. The van der Waals surface area contributed by atoms with E-state index < -0.39 is 11.2 Å². The number of ketones is 1. The molecule has 0 spiro atoms. The van der Waals surface area contributed by atoms with E-state index in [1.807, 2.05) is 0 Å². The van der Waals surface area contributed by atoms with Gasteiger partial charge >= 0.3 is 5.69 Å². The molecular weight excluding hydrogens is 328 g/mol. The van der Waals surface area contributed by atoms with E-state index >= 15 is 0 Å². The van der Waals surface area contributed by atoms with Crippen molar-refractivity contribution in [3.63, 3.8) is 0 Å². The number of aromatic amines is 1. The summed E-state index contributed by atoms with van der Waals surface area (Å²) in [5.41, 5.74) is -0.488. The Balaban J connectivity index is 2.69. The van der Waals surface area contributed by atoms with Gasteiger partial charge in [0.1, 0.15) is 5.78 Å². The molecule has 0 fully saturated rings. The molecule has 0 atom stereocenters. The number of nitrogens with one attached hydrogen (secondary N) is 1. The third-order valence-electron chi connectivity index (χ3n) is 2.93. The smallest absolute Gasteiger partial charge is 0.309 e. The van der Waals surface area contributed by atoms with Crippen LogP contribution in [0.4, 0.5) is 0 Å². The lowest BCUT2D eigenvalue weighted by Crippen LogP contribution is -2.29. The quantitative estimate of drug-likeness (QED) is 0.826. The van der Waals surface area contributed by atoms with Crippen molar-refractivity contribution in [2.24, 2.45) is 7.05 Å². The SMILES string of the molecule is CC(=O)CSc1nc2c(c(=O)[nH]c(=O)n2C)n1C/C=C(\C)Cl. The van der Waals surface area contributed by atoms with Crippen LogP contribution in [0.2, 0.25) is 0 Å². The summed E-state index contributed by atoms with van der Waals surface area (Å²) >= 11 is 7.06. The van der Waals surface area contributed by atoms with Gasteiger partial charge in [0, 0.05) is 18.6 Å². The van der Waals surface area contributed by atoms with Gasteiger partial charge in [-0.15, -0.1) is 0 Å². The van der Waals surface area contributed by atoms with Crippen LogP contribution in [-0.2, 0) is 18.4 Å². The summed E-state index contributed by atoms with van der Waals surface area (Å²) in [5, 5.41) is 1.07. The van der Waals surface area contributed by atoms with Gasteiger partial charge in [-0.3, -0.25) is 19.1 Å². The fraction of sp³-hybridized carbons (Fsp3) is 0.385. The average Bonchev–Trinajstić information content (AvgIpc) is 2.79. The fourth-order valence-electron chi connectivity index (χ4n) is 1.88. The Labute approximate surface area is 135 Å². The Morgan fingerprint density at radius 1 is 1.41 bits per heavy atom. The molecule has 2 heterocycles. The first-order valence-corrected chi connectivity index (χ1v) is 7.81. The van der Waals surface area contributed by atoms with Crippen LogP contribution in [0.1, 0.15) is 13.8 Å². The molecule has 0 radical (unpaired) electrons. The number of fused-ring (bicyclic) bond motifs is 1. The molecule has 22 heavy (non-hydrogen) atoms. The highest BCUT2D eigenvalue weighted by atomic mass is 35.5. The van der Waals surface area contributed by atoms with Crippen LogP contribution in [0, 0.1) is 0 Å². The van der Waals surface area contributed by atoms with Gasteiger partial charge in [0.2, 0.25) is 0 Å². The van der Waals surface area contributed by atoms with Gasteiger partial charge < -0.3 is 4.57 Å². The lowest BCUT2D eigenvalue weighted by Gasteiger charge is -2.05. The monoisotopic (exact) mass is 342 g/mol. The van der Waals surface area contributed by atoms with E-state index in [4.69, 9.17) is 11.6 Å². The summed E-state index contributed by atoms with van der Waals surface area (Å²) in [5.74, 6) is 0.231. The molecule has 2 aromatic heterocycles. The van der Waals surface area contributed by atoms with Crippen LogP contribution in [0.5, 0.6) is 0 Å². The summed E-state index contributed by atoms with van der Waals surface area (Å²) in [7, 11) is 1.53. The Kier molecular flexibility index (Phi) is 4.92. The third-order valence-corrected chi connectivity index (χ3v) is 4.21. The summed E-state index contributed by atoms with van der Waals surface area (Å²) in [6.45, 7) is 3.53. The number of halogens is 1. The number of thioether (sulfide) groups is 1. The van der Waals surface area contributed by atoms with Crippen molar-refractivity contribution in [3.05, 3.63) is 31.9 Å². The molecule has 0 aliphatic heterocycles. The van der Waals surface area contributed by atoms with Crippen LogP contribution in [-0.4, -0.2) is 30.6 Å². The average molecular weight is 343 g/mol. The molecule has 0 aliphatic carbocycles. The minimum absolute atomic E-state index is 0.00419. The molecule has 0 amide bonds. The molecular formula is C13H15ClN4O3S. The zero-order chi connectivity index (χ0) is 16.4. The lowest BCUT2D eigenvalue weighted by atomic mass is 10.4. The normalized spacial score (nSPS) is 12.1. The van der Waals surface area contributed by atoms with E-state index in [-0.39, 0.29) is 22.7 Å². The number of aromatic nitrogens is 4. The predicted molar refractivity (Wildman–Crippen MR) is 86.6 cm³/mol. The highest BCUT2D eigenvalue weighted by Crippen LogP contribution is 2.21. The second kappa shape index (κ2) is 6.53. The van der Waals surface area contributed by atoms with E-state index in [1.54, 1.807) is 17.6 Å². The van der Waals surface area contributed by atoms with Crippen LogP contribution in [0.3, 0.4) is 0 Å². The molecule has 2 rings (SSSR count). The van der Waals surface area contributed by atoms with Gasteiger partial charge in [0.15, 0.2) is 16.3 Å². The summed E-state index contributed by atoms with van der Waals surface area (Å²) in [6, 6.07) is 0. The minimum atomic E-state index is -0.533. The number of allylic oxidation sites excluding steroid dienone is 2. The maximum atomic E-state index is 12.1. The Morgan fingerprint density at radius 2 is 2.09 bits per heavy atom. The van der Waals surface area contributed by atoms with Gasteiger partial charge in [-0.25, -0.2) is 9.78 Å². The number of carbonyl (C=O) groups excluding carboxylic acids is 1. The molecule has 118 valence electrons. The van der Waals surface area contributed by atoms with Gasteiger partial charge in [0.05, 0.1) is 5.75 Å². The first-order valence-electron chi connectivity index (χ1n) is 6.45. The topological polar surface area (TPSA) is 89.8 Å². The van der Waals surface area contributed by atoms with Crippen LogP contribution in [0.25, 0.3) is 11.2 Å². The van der Waals surface area contributed by atoms with Gasteiger partial charge in [0.25, 0.3) is 5.56 Å². The molecule has 0 unspecified atom stereocenters. The van der Waals surface area contributed by atoms with E-state index in [0.717, 1.165) is 0 Å². The number of hydrogen-bond acceptors (Lipinski definition) is 5. The number of rotatable bonds is 5. The Bertz CT molecular complexity index is 874. The number of H-pyrrole nitrogens is 1. The van der Waals surface area contributed by atoms with Crippen molar-refractivity contribution in [2.75, 3.05) is 5.75 Å². The largest absolute Gasteiger partial charge is 0.329 e. The maximum absolute atomic E-state index is 12.1. The summed E-state index contributed by atoms with van der Waals surface area (Å²) < 4.78 is 2.91. The molecule has 0 aromatic carbocycles. The standard InChI is InChI=1S/C13H15ClN4O3S/c1-7(14)4-5-18-9-10(15-13(18)22-6-8(2)19)17(3)12(21)16-11(9)20/h4H,5-6H2,1-3H3,(H,16,20,21)/b7-4+. The zero-order valence-corrected chi connectivity index (χ0v) is 13.9. The van der Waals surface area contributed by atoms with Crippen LogP contribution in [0.15, 0.2) is 25.9 Å². The van der Waals surface area contributed by atoms with Crippen LogP contribution >= 0.6 is 23.4 Å². The third kappa shape index (κ3) is 3.33. The molecule has 1 N–H and O–H groups in total. The van der Waals surface area contributed by atoms with Crippen molar-refractivity contribution in [1.29, 1.82) is 0 Å². The molecule has 7 nitrogen and oxygen atoms in total. The van der Waals surface area contributed by atoms with Crippen molar-refractivity contribution >= 4 is 40.3 Å². The zero-order valence-electron chi connectivity index (χ0n) is 12.3. The molecule has 0 aliphatic rings. The van der Waals surface area contributed by atoms with Crippen molar-refractivity contribution in [3.8, 4) is 0 Å². The van der Waals surface area contributed by atoms with Gasteiger partial charge in [-0.1, -0.05) is 29.4 Å². The van der Waals surface area contributed by atoms with Crippen molar-refractivity contribution < 1.29 is 4.79 Å². The number of Topliss-reactive ketones (excluding diaryl/α,β-unsaturated/α-hetero) is 1. The number of imidazole rings is 1. The molecule has 0 saturated carbocycles. The first kappa shape index (κ1) is 16.6. The van der Waals surface area contributed by atoms with Gasteiger partial charge in [-0.2, -0.15) is 0 Å². The number of carbonyl (C=O) groups is 1. The van der Waals surface area contributed by atoms with E-state index in [0.29, 0.717) is 16.7 Å². The Morgan fingerprint density at radius 3 is 2.68 bits per heavy atom.